The molecule has 1 aromatic heterocycles. The molecule has 72 valence electrons. The fraction of sp³-hybridized carbons (Fsp3) is 0.100. The standard InChI is InChI=1S/C10H8ClFN2/c1-14-9(11)6-13-10(14)7-4-2-3-5-8(7)12/h2-6H,1H3. The minimum absolute atomic E-state index is 0.294. The van der Waals surface area contributed by atoms with Crippen LogP contribution in [0.5, 0.6) is 0 Å². The molecule has 0 fully saturated rings. The third-order valence-corrected chi connectivity index (χ3v) is 2.40. The molecular weight excluding hydrogens is 203 g/mol. The Labute approximate surface area is 86.0 Å². The summed E-state index contributed by atoms with van der Waals surface area (Å²) < 4.78 is 15.0. The zero-order chi connectivity index (χ0) is 10.1. The number of rotatable bonds is 1. The zero-order valence-electron chi connectivity index (χ0n) is 7.54. The lowest BCUT2D eigenvalue weighted by atomic mass is 10.2. The van der Waals surface area contributed by atoms with Crippen LogP contribution in [0.15, 0.2) is 30.5 Å². The molecule has 2 nitrogen and oxygen atoms in total. The van der Waals surface area contributed by atoms with Crippen LogP contribution in [-0.4, -0.2) is 9.55 Å². The first-order chi connectivity index (χ1) is 6.70. The van der Waals surface area contributed by atoms with Crippen LogP contribution < -0.4 is 0 Å². The summed E-state index contributed by atoms with van der Waals surface area (Å²) in [5, 5.41) is 0.489. The first-order valence-corrected chi connectivity index (χ1v) is 4.50. The Morgan fingerprint density at radius 1 is 1.36 bits per heavy atom. The number of halogens is 2. The van der Waals surface area contributed by atoms with Gasteiger partial charge in [0, 0.05) is 7.05 Å². The van der Waals surface area contributed by atoms with Crippen molar-refractivity contribution in [3.63, 3.8) is 0 Å². The van der Waals surface area contributed by atoms with Crippen LogP contribution in [0.3, 0.4) is 0 Å². The number of aromatic nitrogens is 2. The highest BCUT2D eigenvalue weighted by Gasteiger charge is 2.10. The number of imidazole rings is 1. The lowest BCUT2D eigenvalue weighted by molar-refractivity contribution is 0.629. The Balaban J connectivity index is 2.60. The Morgan fingerprint density at radius 3 is 2.64 bits per heavy atom. The maximum atomic E-state index is 13.4. The molecule has 0 saturated carbocycles. The van der Waals surface area contributed by atoms with Gasteiger partial charge >= 0.3 is 0 Å². The Bertz CT molecular complexity index is 465. The predicted octanol–water partition coefficient (Wildman–Crippen LogP) is 2.88. The number of hydrogen-bond acceptors (Lipinski definition) is 1. The van der Waals surface area contributed by atoms with E-state index < -0.39 is 0 Å². The molecule has 0 aliphatic rings. The Morgan fingerprint density at radius 2 is 2.07 bits per heavy atom. The number of hydrogen-bond donors (Lipinski definition) is 0. The molecule has 14 heavy (non-hydrogen) atoms. The monoisotopic (exact) mass is 210 g/mol. The normalized spacial score (nSPS) is 10.5. The van der Waals surface area contributed by atoms with Gasteiger partial charge < -0.3 is 4.57 Å². The van der Waals surface area contributed by atoms with Gasteiger partial charge in [0.05, 0.1) is 11.8 Å². The van der Waals surface area contributed by atoms with Gasteiger partial charge in [0.2, 0.25) is 0 Å². The highest BCUT2D eigenvalue weighted by molar-refractivity contribution is 6.29. The largest absolute Gasteiger partial charge is 0.318 e. The molecular formula is C10H8ClFN2. The molecule has 0 saturated heterocycles. The third-order valence-electron chi connectivity index (χ3n) is 2.05. The minimum atomic E-state index is -0.294. The zero-order valence-corrected chi connectivity index (χ0v) is 8.29. The average Bonchev–Trinajstić information content (AvgIpc) is 2.49. The highest BCUT2D eigenvalue weighted by Crippen LogP contribution is 2.23. The van der Waals surface area contributed by atoms with Crippen molar-refractivity contribution < 1.29 is 4.39 Å². The summed E-state index contributed by atoms with van der Waals surface area (Å²) in [6.07, 6.45) is 1.50. The molecule has 2 rings (SSSR count). The van der Waals surface area contributed by atoms with E-state index in [9.17, 15) is 4.39 Å². The summed E-state index contributed by atoms with van der Waals surface area (Å²) in [4.78, 5) is 4.04. The van der Waals surface area contributed by atoms with Gasteiger partial charge in [0.25, 0.3) is 0 Å². The van der Waals surface area contributed by atoms with E-state index in [0.717, 1.165) is 0 Å². The van der Waals surface area contributed by atoms with Gasteiger partial charge in [0.15, 0.2) is 0 Å². The fourth-order valence-corrected chi connectivity index (χ4v) is 1.41. The van der Waals surface area contributed by atoms with Crippen molar-refractivity contribution in [3.8, 4) is 11.4 Å². The maximum Gasteiger partial charge on any atom is 0.143 e. The fourth-order valence-electron chi connectivity index (χ4n) is 1.28. The lowest BCUT2D eigenvalue weighted by Gasteiger charge is -2.03. The van der Waals surface area contributed by atoms with Gasteiger partial charge in [0.1, 0.15) is 16.8 Å². The average molecular weight is 211 g/mol. The van der Waals surface area contributed by atoms with Gasteiger partial charge in [-0.15, -0.1) is 0 Å². The summed E-state index contributed by atoms with van der Waals surface area (Å²) in [5.74, 6) is 0.242. The molecule has 0 radical (unpaired) electrons. The van der Waals surface area contributed by atoms with Crippen molar-refractivity contribution in [2.24, 2.45) is 7.05 Å². The van der Waals surface area contributed by atoms with Gasteiger partial charge in [-0.25, -0.2) is 9.37 Å². The molecule has 0 aliphatic heterocycles. The van der Waals surface area contributed by atoms with Crippen molar-refractivity contribution in [2.45, 2.75) is 0 Å². The predicted molar refractivity (Wildman–Crippen MR) is 53.6 cm³/mol. The van der Waals surface area contributed by atoms with Crippen molar-refractivity contribution in [1.29, 1.82) is 0 Å². The van der Waals surface area contributed by atoms with Gasteiger partial charge in [-0.05, 0) is 12.1 Å². The summed E-state index contributed by atoms with van der Waals surface area (Å²) in [7, 11) is 1.75. The molecule has 0 bridgehead atoms. The smallest absolute Gasteiger partial charge is 0.143 e. The van der Waals surface area contributed by atoms with E-state index in [1.807, 2.05) is 0 Å². The molecule has 1 heterocycles. The van der Waals surface area contributed by atoms with Crippen LogP contribution in [0.1, 0.15) is 0 Å². The minimum Gasteiger partial charge on any atom is -0.318 e. The molecule has 0 aliphatic carbocycles. The van der Waals surface area contributed by atoms with Crippen LogP contribution in [0.2, 0.25) is 5.15 Å². The highest BCUT2D eigenvalue weighted by atomic mass is 35.5. The van der Waals surface area contributed by atoms with E-state index in [4.69, 9.17) is 11.6 Å². The topological polar surface area (TPSA) is 17.8 Å². The van der Waals surface area contributed by atoms with Gasteiger partial charge in [-0.2, -0.15) is 0 Å². The summed E-state index contributed by atoms with van der Waals surface area (Å²) in [5.41, 5.74) is 0.460. The first kappa shape index (κ1) is 9.21. The van der Waals surface area contributed by atoms with E-state index >= 15 is 0 Å². The van der Waals surface area contributed by atoms with Crippen molar-refractivity contribution >= 4 is 11.6 Å². The molecule has 0 atom stereocenters. The molecule has 4 heteroatoms. The summed E-state index contributed by atoms with van der Waals surface area (Å²) in [6, 6.07) is 6.48. The molecule has 0 unspecified atom stereocenters. The van der Waals surface area contributed by atoms with Crippen LogP contribution in [0.25, 0.3) is 11.4 Å². The first-order valence-electron chi connectivity index (χ1n) is 4.12. The van der Waals surface area contributed by atoms with E-state index in [1.54, 1.807) is 29.8 Å². The quantitative estimate of drug-likeness (QED) is 0.708. The van der Waals surface area contributed by atoms with Crippen molar-refractivity contribution in [1.82, 2.24) is 9.55 Å². The number of benzene rings is 1. The second-order valence-corrected chi connectivity index (χ2v) is 3.33. The van der Waals surface area contributed by atoms with E-state index in [1.165, 1.54) is 12.3 Å². The summed E-state index contributed by atoms with van der Waals surface area (Å²) in [6.45, 7) is 0. The maximum absolute atomic E-state index is 13.4. The molecule has 0 spiro atoms. The van der Waals surface area contributed by atoms with E-state index in [-0.39, 0.29) is 5.82 Å². The van der Waals surface area contributed by atoms with Crippen molar-refractivity contribution in [2.75, 3.05) is 0 Å². The van der Waals surface area contributed by atoms with Gasteiger partial charge in [-0.3, -0.25) is 0 Å². The SMILES string of the molecule is Cn1c(Cl)cnc1-c1ccccc1F. The van der Waals surface area contributed by atoms with Gasteiger partial charge in [-0.1, -0.05) is 23.7 Å². The molecule has 2 aromatic rings. The van der Waals surface area contributed by atoms with Crippen LogP contribution in [0.4, 0.5) is 4.39 Å². The second kappa shape index (κ2) is 3.42. The molecule has 0 N–H and O–H groups in total. The van der Waals surface area contributed by atoms with E-state index in [2.05, 4.69) is 4.98 Å². The lowest BCUT2D eigenvalue weighted by Crippen LogP contribution is -1.94. The Kier molecular flexibility index (Phi) is 2.25. The van der Waals surface area contributed by atoms with Crippen LogP contribution in [-0.2, 0) is 7.05 Å². The molecule has 0 amide bonds. The van der Waals surface area contributed by atoms with Crippen LogP contribution in [0, 0.1) is 5.82 Å². The molecule has 1 aromatic carbocycles. The third kappa shape index (κ3) is 1.40. The van der Waals surface area contributed by atoms with Crippen molar-refractivity contribution in [3.05, 3.63) is 41.4 Å². The second-order valence-electron chi connectivity index (χ2n) is 2.94. The number of nitrogens with zero attached hydrogens (tertiary/aromatic N) is 2. The summed E-state index contributed by atoms with van der Waals surface area (Å²) >= 11 is 5.81. The Hall–Kier alpha value is -1.35. The van der Waals surface area contributed by atoms with Crippen LogP contribution >= 0.6 is 11.6 Å². The van der Waals surface area contributed by atoms with E-state index in [0.29, 0.717) is 16.5 Å².